The van der Waals surface area contributed by atoms with Crippen molar-refractivity contribution in [2.45, 2.75) is 0 Å². The Balaban J connectivity index is 2.33. The largest absolute Gasteiger partial charge is 0.321 e. The Morgan fingerprint density at radius 2 is 2.05 bits per heavy atom. The van der Waals surface area contributed by atoms with Crippen LogP contribution in [0.2, 0.25) is 0 Å². The van der Waals surface area contributed by atoms with Crippen LogP contribution in [-0.2, 0) is 0 Å². The fourth-order valence-electron chi connectivity index (χ4n) is 1.58. The Labute approximate surface area is 137 Å². The van der Waals surface area contributed by atoms with Crippen LogP contribution in [0.4, 0.5) is 10.1 Å². The van der Waals surface area contributed by atoms with Gasteiger partial charge in [-0.15, -0.1) is 0 Å². The van der Waals surface area contributed by atoms with Crippen LogP contribution in [0.3, 0.4) is 0 Å². The second-order valence-corrected chi connectivity index (χ2v) is 5.96. The molecular weight excluding hydrogens is 438 g/mol. The molecule has 0 saturated heterocycles. The van der Waals surface area contributed by atoms with Crippen molar-refractivity contribution in [2.75, 3.05) is 5.32 Å². The van der Waals surface area contributed by atoms with Crippen molar-refractivity contribution < 1.29 is 9.18 Å². The van der Waals surface area contributed by atoms with Gasteiger partial charge < -0.3 is 5.32 Å². The number of carbonyl (C=O) groups is 1. The Bertz CT molecular complexity index is 728. The normalized spacial score (nSPS) is 9.90. The number of nitrogens with one attached hydrogen (secondary N) is 1. The molecule has 100 valence electrons. The van der Waals surface area contributed by atoms with Gasteiger partial charge in [0.25, 0.3) is 5.91 Å². The number of hydrogen-bond acceptors (Lipinski definition) is 2. The maximum atomic E-state index is 13.0. The molecule has 2 aromatic carbocycles. The lowest BCUT2D eigenvalue weighted by molar-refractivity contribution is 0.102. The van der Waals surface area contributed by atoms with Crippen LogP contribution in [0, 0.1) is 20.7 Å². The first-order valence-electron chi connectivity index (χ1n) is 5.47. The molecule has 0 radical (unpaired) electrons. The van der Waals surface area contributed by atoms with E-state index in [9.17, 15) is 9.18 Å². The lowest BCUT2D eigenvalue weighted by Gasteiger charge is -2.09. The fraction of sp³-hybridized carbons (Fsp3) is 0. The molecule has 0 bridgehead atoms. The van der Waals surface area contributed by atoms with Crippen molar-refractivity contribution in [3.8, 4) is 6.07 Å². The van der Waals surface area contributed by atoms with E-state index in [4.69, 9.17) is 5.26 Å². The second kappa shape index (κ2) is 6.33. The van der Waals surface area contributed by atoms with Crippen LogP contribution >= 0.6 is 38.5 Å². The van der Waals surface area contributed by atoms with E-state index in [1.165, 1.54) is 18.2 Å². The number of rotatable bonds is 2. The average molecular weight is 445 g/mol. The Morgan fingerprint density at radius 3 is 2.70 bits per heavy atom. The van der Waals surface area contributed by atoms with Crippen LogP contribution in [0.1, 0.15) is 15.9 Å². The molecule has 20 heavy (non-hydrogen) atoms. The molecule has 0 aromatic heterocycles. The van der Waals surface area contributed by atoms with Crippen LogP contribution in [0.5, 0.6) is 0 Å². The van der Waals surface area contributed by atoms with Crippen LogP contribution in [0.25, 0.3) is 0 Å². The van der Waals surface area contributed by atoms with E-state index in [-0.39, 0.29) is 5.91 Å². The molecule has 0 aliphatic rings. The molecule has 0 aliphatic heterocycles. The molecule has 0 atom stereocenters. The van der Waals surface area contributed by atoms with Gasteiger partial charge in [-0.05, 0) is 59.0 Å². The van der Waals surface area contributed by atoms with Crippen molar-refractivity contribution in [3.05, 3.63) is 61.4 Å². The molecule has 0 aliphatic carbocycles. The van der Waals surface area contributed by atoms with E-state index in [0.29, 0.717) is 20.4 Å². The Morgan fingerprint density at radius 1 is 1.30 bits per heavy atom. The SMILES string of the molecule is N#Cc1ccc(Br)cc1NC(=O)c1ccc(F)cc1I. The topological polar surface area (TPSA) is 52.9 Å². The van der Waals surface area contributed by atoms with E-state index < -0.39 is 5.82 Å². The van der Waals surface area contributed by atoms with Crippen molar-refractivity contribution in [1.82, 2.24) is 0 Å². The molecule has 6 heteroatoms. The first kappa shape index (κ1) is 14.9. The van der Waals surface area contributed by atoms with Gasteiger partial charge in [0.05, 0.1) is 16.8 Å². The van der Waals surface area contributed by atoms with Crippen molar-refractivity contribution in [3.63, 3.8) is 0 Å². The van der Waals surface area contributed by atoms with Gasteiger partial charge in [0.1, 0.15) is 11.9 Å². The number of benzene rings is 2. The highest BCUT2D eigenvalue weighted by molar-refractivity contribution is 14.1. The zero-order chi connectivity index (χ0) is 14.7. The number of amides is 1. The highest BCUT2D eigenvalue weighted by atomic mass is 127. The minimum atomic E-state index is -0.397. The van der Waals surface area contributed by atoms with Gasteiger partial charge in [0.15, 0.2) is 0 Å². The molecule has 0 heterocycles. The van der Waals surface area contributed by atoms with Gasteiger partial charge in [-0.3, -0.25) is 4.79 Å². The van der Waals surface area contributed by atoms with Crippen molar-refractivity contribution in [2.24, 2.45) is 0 Å². The van der Waals surface area contributed by atoms with Crippen molar-refractivity contribution >= 4 is 50.1 Å². The van der Waals surface area contributed by atoms with Gasteiger partial charge in [0.2, 0.25) is 0 Å². The Hall–Kier alpha value is -1.46. The summed E-state index contributed by atoms with van der Waals surface area (Å²) in [6.45, 7) is 0. The smallest absolute Gasteiger partial charge is 0.256 e. The highest BCUT2D eigenvalue weighted by Gasteiger charge is 2.13. The summed E-state index contributed by atoms with van der Waals surface area (Å²) >= 11 is 5.18. The fourth-order valence-corrected chi connectivity index (χ4v) is 2.66. The summed E-state index contributed by atoms with van der Waals surface area (Å²) in [5.41, 5.74) is 1.13. The quantitative estimate of drug-likeness (QED) is 0.701. The number of anilines is 1. The lowest BCUT2D eigenvalue weighted by atomic mass is 10.1. The molecule has 0 unspecified atom stereocenters. The number of halogens is 3. The maximum Gasteiger partial charge on any atom is 0.256 e. The number of nitriles is 1. The van der Waals surface area contributed by atoms with Crippen LogP contribution in [0.15, 0.2) is 40.9 Å². The molecule has 0 spiro atoms. The molecule has 0 fully saturated rings. The maximum absolute atomic E-state index is 13.0. The third-order valence-corrected chi connectivity index (χ3v) is 3.91. The average Bonchev–Trinajstić information content (AvgIpc) is 2.38. The lowest BCUT2D eigenvalue weighted by Crippen LogP contribution is -2.14. The molecule has 2 aromatic rings. The minimum Gasteiger partial charge on any atom is -0.321 e. The third-order valence-electron chi connectivity index (χ3n) is 2.53. The summed E-state index contributed by atoms with van der Waals surface area (Å²) in [5, 5.41) is 11.7. The number of carbonyl (C=O) groups excluding carboxylic acids is 1. The summed E-state index contributed by atoms with van der Waals surface area (Å²) in [5.74, 6) is -0.782. The zero-order valence-electron chi connectivity index (χ0n) is 9.95. The molecule has 1 amide bonds. The van der Waals surface area contributed by atoms with Crippen LogP contribution < -0.4 is 5.32 Å². The predicted molar refractivity (Wildman–Crippen MR) is 85.9 cm³/mol. The molecule has 0 saturated carbocycles. The Kier molecular flexibility index (Phi) is 4.73. The standard InChI is InChI=1S/C14H7BrFIN2O/c15-9-2-1-8(7-18)13(5-9)19-14(20)11-4-3-10(16)6-12(11)17/h1-6H,(H,19,20). The summed E-state index contributed by atoms with van der Waals surface area (Å²) in [4.78, 5) is 12.2. The summed E-state index contributed by atoms with van der Waals surface area (Å²) in [6, 6.07) is 10.9. The van der Waals surface area contributed by atoms with Gasteiger partial charge in [-0.2, -0.15) is 5.26 Å². The summed E-state index contributed by atoms with van der Waals surface area (Å²) in [7, 11) is 0. The van der Waals surface area contributed by atoms with Gasteiger partial charge in [-0.25, -0.2) is 4.39 Å². The number of hydrogen-bond donors (Lipinski definition) is 1. The first-order valence-corrected chi connectivity index (χ1v) is 7.34. The van der Waals surface area contributed by atoms with E-state index in [2.05, 4.69) is 21.2 Å². The van der Waals surface area contributed by atoms with Gasteiger partial charge >= 0.3 is 0 Å². The molecule has 1 N–H and O–H groups in total. The molecular formula is C14H7BrFIN2O. The zero-order valence-corrected chi connectivity index (χ0v) is 13.7. The third kappa shape index (κ3) is 3.35. The van der Waals surface area contributed by atoms with Gasteiger partial charge in [0, 0.05) is 8.04 Å². The van der Waals surface area contributed by atoms with Crippen molar-refractivity contribution in [1.29, 1.82) is 5.26 Å². The predicted octanol–water partition coefficient (Wildman–Crippen LogP) is 4.32. The van der Waals surface area contributed by atoms with E-state index in [0.717, 1.165) is 4.47 Å². The number of nitrogens with zero attached hydrogens (tertiary/aromatic N) is 1. The van der Waals surface area contributed by atoms with Crippen LogP contribution in [-0.4, -0.2) is 5.91 Å². The minimum absolute atomic E-state index is 0.357. The summed E-state index contributed by atoms with van der Waals surface area (Å²) in [6.07, 6.45) is 0. The highest BCUT2D eigenvalue weighted by Crippen LogP contribution is 2.22. The van der Waals surface area contributed by atoms with E-state index in [1.807, 2.05) is 28.7 Å². The second-order valence-electron chi connectivity index (χ2n) is 3.88. The van der Waals surface area contributed by atoms with Gasteiger partial charge in [-0.1, -0.05) is 15.9 Å². The van der Waals surface area contributed by atoms with E-state index in [1.54, 1.807) is 18.2 Å². The monoisotopic (exact) mass is 444 g/mol. The molecule has 3 nitrogen and oxygen atoms in total. The first-order chi connectivity index (χ1) is 9.51. The molecule has 2 rings (SSSR count). The summed E-state index contributed by atoms with van der Waals surface area (Å²) < 4.78 is 14.3. The van der Waals surface area contributed by atoms with E-state index >= 15 is 0 Å².